The van der Waals surface area contributed by atoms with Gasteiger partial charge in [-0.1, -0.05) is 90.7 Å². The minimum Gasteiger partial charge on any atom is -0.0873 e. The number of allylic oxidation sites excluding steroid dienone is 3. The zero-order valence-electron chi connectivity index (χ0n) is 10.6. The van der Waals surface area contributed by atoms with Crippen LogP contribution in [0.4, 0.5) is 0 Å². The van der Waals surface area contributed by atoms with E-state index in [1.807, 2.05) is 0 Å². The summed E-state index contributed by atoms with van der Waals surface area (Å²) in [6.07, 6.45) is 7.52. The summed E-state index contributed by atoms with van der Waals surface area (Å²) in [5, 5.41) is 2.64. The highest BCUT2D eigenvalue weighted by Crippen LogP contribution is 2.59. The molecule has 0 N–H and O–H groups in total. The molecule has 0 bridgehead atoms. The predicted molar refractivity (Wildman–Crippen MR) is 88.8 cm³/mol. The van der Waals surface area contributed by atoms with E-state index in [0.29, 0.717) is 0 Å². The largest absolute Gasteiger partial charge is 0.0873 e. The standard InChI is InChI=1S/C17H15PS/c19-18(16-11-5-2-6-12-16)14-8-7-13-17(18)15-9-3-1-4-10-15/h1-13H,14H2. The van der Waals surface area contributed by atoms with Crippen LogP contribution in [0.3, 0.4) is 0 Å². The molecule has 2 aromatic rings. The predicted octanol–water partition coefficient (Wildman–Crippen LogP) is 4.40. The molecule has 0 radical (unpaired) electrons. The summed E-state index contributed by atoms with van der Waals surface area (Å²) in [5.41, 5.74) is 1.26. The molecule has 3 rings (SSSR count). The minimum absolute atomic E-state index is 0.979. The van der Waals surface area contributed by atoms with Gasteiger partial charge in [0.2, 0.25) is 0 Å². The van der Waals surface area contributed by atoms with E-state index in [1.165, 1.54) is 16.2 Å². The maximum absolute atomic E-state index is 6.12. The Kier molecular flexibility index (Phi) is 3.50. The Morgan fingerprint density at radius 3 is 2.16 bits per heavy atom. The SMILES string of the molecule is S=P1(c2ccccc2)CC=CC=C1c1ccccc1. The number of hydrogen-bond acceptors (Lipinski definition) is 1. The summed E-state index contributed by atoms with van der Waals surface area (Å²) in [6, 6.07) is 19.4. The second-order valence-electron chi connectivity index (χ2n) is 4.60. The van der Waals surface area contributed by atoms with E-state index in [0.717, 1.165) is 6.16 Å². The first-order chi connectivity index (χ1) is 9.31. The van der Waals surface area contributed by atoms with Crippen LogP contribution in [0.5, 0.6) is 0 Å². The molecule has 1 aliphatic rings. The van der Waals surface area contributed by atoms with Crippen molar-refractivity contribution in [2.24, 2.45) is 0 Å². The van der Waals surface area contributed by atoms with E-state index in [9.17, 15) is 0 Å². The van der Waals surface area contributed by atoms with E-state index in [4.69, 9.17) is 11.8 Å². The van der Waals surface area contributed by atoms with Gasteiger partial charge < -0.3 is 0 Å². The third kappa shape index (κ3) is 2.36. The van der Waals surface area contributed by atoms with Crippen LogP contribution in [-0.2, 0) is 11.8 Å². The van der Waals surface area contributed by atoms with Crippen LogP contribution in [-0.4, -0.2) is 6.16 Å². The summed E-state index contributed by atoms with van der Waals surface area (Å²) < 4.78 is 0. The van der Waals surface area contributed by atoms with E-state index in [2.05, 4.69) is 78.9 Å². The molecule has 0 aromatic heterocycles. The highest BCUT2D eigenvalue weighted by atomic mass is 32.4. The smallest absolute Gasteiger partial charge is 0.0147 e. The topological polar surface area (TPSA) is 0 Å². The molecule has 0 saturated heterocycles. The van der Waals surface area contributed by atoms with Gasteiger partial charge in [-0.25, -0.2) is 0 Å². The van der Waals surface area contributed by atoms with Crippen molar-refractivity contribution in [1.82, 2.24) is 0 Å². The van der Waals surface area contributed by atoms with Crippen molar-refractivity contribution in [2.45, 2.75) is 0 Å². The lowest BCUT2D eigenvalue weighted by molar-refractivity contribution is 1.61. The van der Waals surface area contributed by atoms with Gasteiger partial charge in [-0.2, -0.15) is 0 Å². The van der Waals surface area contributed by atoms with Crippen molar-refractivity contribution >= 4 is 28.5 Å². The van der Waals surface area contributed by atoms with Crippen molar-refractivity contribution in [3.8, 4) is 0 Å². The fourth-order valence-electron chi connectivity index (χ4n) is 2.41. The molecule has 0 aliphatic carbocycles. The average Bonchev–Trinajstić information content (AvgIpc) is 2.49. The van der Waals surface area contributed by atoms with Crippen molar-refractivity contribution in [2.75, 3.05) is 6.16 Å². The molecular formula is C17H15PS. The first kappa shape index (κ1) is 12.6. The molecule has 1 aliphatic heterocycles. The zero-order valence-corrected chi connectivity index (χ0v) is 12.3. The monoisotopic (exact) mass is 282 g/mol. The fourth-order valence-corrected chi connectivity index (χ4v) is 6.19. The van der Waals surface area contributed by atoms with E-state index in [-0.39, 0.29) is 0 Å². The molecule has 2 heteroatoms. The van der Waals surface area contributed by atoms with Crippen molar-refractivity contribution in [3.63, 3.8) is 0 Å². The lowest BCUT2D eigenvalue weighted by Gasteiger charge is -2.27. The van der Waals surface area contributed by atoms with Crippen LogP contribution in [0.1, 0.15) is 5.56 Å². The van der Waals surface area contributed by atoms with Crippen LogP contribution in [0.2, 0.25) is 0 Å². The first-order valence-corrected chi connectivity index (χ1v) is 9.37. The average molecular weight is 282 g/mol. The molecule has 0 fully saturated rings. The summed E-state index contributed by atoms with van der Waals surface area (Å²) >= 11 is 6.12. The summed E-state index contributed by atoms with van der Waals surface area (Å²) in [6.45, 7) is 0. The number of hydrogen-bond donors (Lipinski definition) is 0. The first-order valence-electron chi connectivity index (χ1n) is 6.38. The Morgan fingerprint density at radius 1 is 0.842 bits per heavy atom. The highest BCUT2D eigenvalue weighted by Gasteiger charge is 2.25. The number of rotatable bonds is 2. The second kappa shape index (κ2) is 5.28. The molecular weight excluding hydrogens is 267 g/mol. The molecule has 1 unspecified atom stereocenters. The van der Waals surface area contributed by atoms with Gasteiger partial charge in [0.1, 0.15) is 0 Å². The Bertz CT molecular complexity index is 669. The number of benzene rings is 2. The van der Waals surface area contributed by atoms with Gasteiger partial charge in [0.25, 0.3) is 0 Å². The van der Waals surface area contributed by atoms with E-state index >= 15 is 0 Å². The quantitative estimate of drug-likeness (QED) is 0.736. The molecule has 94 valence electrons. The van der Waals surface area contributed by atoms with Crippen LogP contribution >= 0.6 is 6.04 Å². The Labute approximate surface area is 119 Å². The third-order valence-electron chi connectivity index (χ3n) is 3.38. The van der Waals surface area contributed by atoms with E-state index < -0.39 is 6.04 Å². The molecule has 19 heavy (non-hydrogen) atoms. The molecule has 0 spiro atoms. The lowest BCUT2D eigenvalue weighted by atomic mass is 10.2. The van der Waals surface area contributed by atoms with Crippen LogP contribution < -0.4 is 5.30 Å². The van der Waals surface area contributed by atoms with Crippen LogP contribution in [0.25, 0.3) is 5.31 Å². The maximum Gasteiger partial charge on any atom is 0.0147 e. The normalized spacial score (nSPS) is 22.0. The van der Waals surface area contributed by atoms with Gasteiger partial charge in [0.15, 0.2) is 0 Å². The van der Waals surface area contributed by atoms with Crippen molar-refractivity contribution in [1.29, 1.82) is 0 Å². The Morgan fingerprint density at radius 2 is 1.47 bits per heavy atom. The van der Waals surface area contributed by atoms with Gasteiger partial charge >= 0.3 is 0 Å². The van der Waals surface area contributed by atoms with Gasteiger partial charge in [0.05, 0.1) is 0 Å². The summed E-state index contributed by atoms with van der Waals surface area (Å²) in [5.74, 6) is 0. The molecule has 0 nitrogen and oxygen atoms in total. The van der Waals surface area contributed by atoms with Crippen LogP contribution in [0, 0.1) is 0 Å². The third-order valence-corrected chi connectivity index (χ3v) is 8.10. The molecule has 0 amide bonds. The fraction of sp³-hybridized carbons (Fsp3) is 0.0588. The Balaban J connectivity index is 2.14. The molecule has 1 atom stereocenters. The van der Waals surface area contributed by atoms with Crippen molar-refractivity contribution in [3.05, 3.63) is 84.5 Å². The zero-order chi connectivity index (χ0) is 13.1. The lowest BCUT2D eigenvalue weighted by Crippen LogP contribution is -2.09. The highest BCUT2D eigenvalue weighted by molar-refractivity contribution is 8.23. The molecule has 1 heterocycles. The minimum atomic E-state index is -1.69. The summed E-state index contributed by atoms with van der Waals surface area (Å²) in [4.78, 5) is 0. The maximum atomic E-state index is 6.12. The van der Waals surface area contributed by atoms with Gasteiger partial charge in [-0.3, -0.25) is 0 Å². The summed E-state index contributed by atoms with van der Waals surface area (Å²) in [7, 11) is 0. The second-order valence-corrected chi connectivity index (χ2v) is 9.32. The van der Waals surface area contributed by atoms with Gasteiger partial charge in [0, 0.05) is 12.2 Å². The van der Waals surface area contributed by atoms with Gasteiger partial charge in [-0.05, 0) is 16.2 Å². The van der Waals surface area contributed by atoms with E-state index in [1.54, 1.807) is 0 Å². The Hall–Kier alpha value is -1.43. The van der Waals surface area contributed by atoms with Crippen LogP contribution in [0.15, 0.2) is 78.9 Å². The molecule has 2 aromatic carbocycles. The van der Waals surface area contributed by atoms with Gasteiger partial charge in [-0.15, -0.1) is 0 Å². The molecule has 0 saturated carbocycles. The van der Waals surface area contributed by atoms with Crippen molar-refractivity contribution < 1.29 is 0 Å².